The smallest absolute Gasteiger partial charge is 0.226 e. The van der Waals surface area contributed by atoms with Crippen molar-refractivity contribution in [3.63, 3.8) is 0 Å². The van der Waals surface area contributed by atoms with Gasteiger partial charge in [0.15, 0.2) is 0 Å². The Morgan fingerprint density at radius 2 is 2.00 bits per heavy atom. The first kappa shape index (κ1) is 11.6. The van der Waals surface area contributed by atoms with Crippen LogP contribution in [0.5, 0.6) is 11.6 Å². The summed E-state index contributed by atoms with van der Waals surface area (Å²) in [7, 11) is 0. The maximum Gasteiger partial charge on any atom is 0.226 e. The molecule has 0 aliphatic heterocycles. The van der Waals surface area contributed by atoms with Gasteiger partial charge in [-0.1, -0.05) is 0 Å². The van der Waals surface area contributed by atoms with E-state index in [0.29, 0.717) is 0 Å². The molecule has 0 amide bonds. The lowest BCUT2D eigenvalue weighted by Gasteiger charge is -2.06. The second kappa shape index (κ2) is 4.55. The molecule has 2 rings (SSSR count). The molecule has 1 aromatic carbocycles. The van der Waals surface area contributed by atoms with Crippen LogP contribution >= 0.6 is 0 Å². The highest BCUT2D eigenvalue weighted by Gasteiger charge is 2.06. The van der Waals surface area contributed by atoms with Crippen LogP contribution in [0.3, 0.4) is 0 Å². The number of ether oxygens (including phenoxy) is 1. The number of aromatic nitrogens is 2. The molecule has 0 unspecified atom stereocenters. The zero-order chi connectivity index (χ0) is 13.1. The Bertz CT molecular complexity index is 618. The van der Waals surface area contributed by atoms with Gasteiger partial charge >= 0.3 is 0 Å². The Balaban J connectivity index is 2.29. The summed E-state index contributed by atoms with van der Waals surface area (Å²) in [6, 6.07) is 6.88. The van der Waals surface area contributed by atoms with E-state index in [9.17, 15) is 4.39 Å². The molecule has 0 bridgehead atoms. The van der Waals surface area contributed by atoms with E-state index in [1.807, 2.05) is 0 Å². The highest BCUT2D eigenvalue weighted by Crippen LogP contribution is 2.23. The van der Waals surface area contributed by atoms with Crippen LogP contribution in [0.25, 0.3) is 0 Å². The number of nitrogens with two attached hydrogens (primary N) is 2. The predicted molar refractivity (Wildman–Crippen MR) is 62.0 cm³/mol. The standard InChI is InChI=1S/C11H8FN5O/c12-8-3-7(2-1-6(8)5-13)18-10-4-9(14)16-11(15)17-10/h1-4H,(H4,14,15,16,17). The highest BCUT2D eigenvalue weighted by atomic mass is 19.1. The monoisotopic (exact) mass is 245 g/mol. The number of halogens is 1. The molecule has 1 aromatic heterocycles. The average Bonchev–Trinajstić information content (AvgIpc) is 2.27. The number of rotatable bonds is 2. The van der Waals surface area contributed by atoms with Crippen LogP contribution in [0, 0.1) is 17.1 Å². The third-order valence-corrected chi connectivity index (χ3v) is 2.02. The Hall–Kier alpha value is -2.88. The van der Waals surface area contributed by atoms with Crippen molar-refractivity contribution in [2.75, 3.05) is 11.5 Å². The molecule has 1 heterocycles. The molecule has 0 radical (unpaired) electrons. The van der Waals surface area contributed by atoms with E-state index < -0.39 is 5.82 Å². The molecule has 18 heavy (non-hydrogen) atoms. The van der Waals surface area contributed by atoms with Gasteiger partial charge in [-0.3, -0.25) is 0 Å². The summed E-state index contributed by atoms with van der Waals surface area (Å²) < 4.78 is 18.6. The van der Waals surface area contributed by atoms with Gasteiger partial charge in [-0.2, -0.15) is 15.2 Å². The van der Waals surface area contributed by atoms with Crippen molar-refractivity contribution < 1.29 is 9.13 Å². The molecule has 0 atom stereocenters. The third-order valence-electron chi connectivity index (χ3n) is 2.02. The van der Waals surface area contributed by atoms with E-state index in [0.717, 1.165) is 6.07 Å². The Kier molecular flexibility index (Phi) is 2.93. The predicted octanol–water partition coefficient (Wildman–Crippen LogP) is 1.44. The van der Waals surface area contributed by atoms with Crippen LogP contribution in [0.4, 0.5) is 16.2 Å². The molecular formula is C11H8FN5O. The fourth-order valence-electron chi connectivity index (χ4n) is 1.28. The van der Waals surface area contributed by atoms with Crippen molar-refractivity contribution in [1.82, 2.24) is 9.97 Å². The van der Waals surface area contributed by atoms with Gasteiger partial charge in [0.05, 0.1) is 5.56 Å². The molecule has 0 saturated carbocycles. The zero-order valence-electron chi connectivity index (χ0n) is 9.09. The van der Waals surface area contributed by atoms with Gasteiger partial charge in [0.2, 0.25) is 11.8 Å². The van der Waals surface area contributed by atoms with Crippen LogP contribution in [0.2, 0.25) is 0 Å². The molecule has 0 fully saturated rings. The molecule has 6 nitrogen and oxygen atoms in total. The number of nitrogen functional groups attached to an aromatic ring is 2. The fourth-order valence-corrected chi connectivity index (χ4v) is 1.28. The fraction of sp³-hybridized carbons (Fsp3) is 0. The van der Waals surface area contributed by atoms with Crippen molar-refractivity contribution in [2.45, 2.75) is 0 Å². The molecule has 0 spiro atoms. The first-order valence-electron chi connectivity index (χ1n) is 4.86. The first-order valence-corrected chi connectivity index (χ1v) is 4.86. The van der Waals surface area contributed by atoms with Gasteiger partial charge in [-0.25, -0.2) is 4.39 Å². The lowest BCUT2D eigenvalue weighted by atomic mass is 10.2. The third kappa shape index (κ3) is 2.44. The second-order valence-electron chi connectivity index (χ2n) is 3.34. The topological polar surface area (TPSA) is 111 Å². The summed E-state index contributed by atoms with van der Waals surface area (Å²) in [5.74, 6) is -0.288. The second-order valence-corrected chi connectivity index (χ2v) is 3.34. The van der Waals surface area contributed by atoms with E-state index in [1.54, 1.807) is 6.07 Å². The van der Waals surface area contributed by atoms with E-state index in [4.69, 9.17) is 21.5 Å². The number of hydrogen-bond donors (Lipinski definition) is 2. The number of nitriles is 1. The van der Waals surface area contributed by atoms with Crippen molar-refractivity contribution in [3.8, 4) is 17.7 Å². The number of hydrogen-bond acceptors (Lipinski definition) is 6. The zero-order valence-corrected chi connectivity index (χ0v) is 9.09. The number of anilines is 2. The Morgan fingerprint density at radius 1 is 1.22 bits per heavy atom. The van der Waals surface area contributed by atoms with E-state index >= 15 is 0 Å². The molecule has 90 valence electrons. The van der Waals surface area contributed by atoms with Gasteiger partial charge < -0.3 is 16.2 Å². The van der Waals surface area contributed by atoms with Crippen molar-refractivity contribution in [1.29, 1.82) is 5.26 Å². The van der Waals surface area contributed by atoms with Crippen LogP contribution in [-0.4, -0.2) is 9.97 Å². The minimum absolute atomic E-state index is 0.0425. The first-order chi connectivity index (χ1) is 8.58. The lowest BCUT2D eigenvalue weighted by Crippen LogP contribution is -2.01. The Morgan fingerprint density at radius 3 is 2.61 bits per heavy atom. The van der Waals surface area contributed by atoms with Crippen molar-refractivity contribution >= 4 is 11.8 Å². The van der Waals surface area contributed by atoms with E-state index in [1.165, 1.54) is 18.2 Å². The largest absolute Gasteiger partial charge is 0.439 e. The summed E-state index contributed by atoms with van der Waals surface area (Å²) in [6.07, 6.45) is 0. The van der Waals surface area contributed by atoms with Crippen molar-refractivity contribution in [3.05, 3.63) is 35.6 Å². The molecule has 2 aromatic rings. The molecule has 7 heteroatoms. The maximum absolute atomic E-state index is 13.3. The molecule has 0 saturated heterocycles. The molecule has 0 aliphatic rings. The highest BCUT2D eigenvalue weighted by molar-refractivity contribution is 5.42. The quantitative estimate of drug-likeness (QED) is 0.828. The van der Waals surface area contributed by atoms with Crippen LogP contribution in [-0.2, 0) is 0 Å². The lowest BCUT2D eigenvalue weighted by molar-refractivity contribution is 0.458. The molecule has 4 N–H and O–H groups in total. The summed E-state index contributed by atoms with van der Waals surface area (Å²) in [4.78, 5) is 7.45. The van der Waals surface area contributed by atoms with Crippen LogP contribution < -0.4 is 16.2 Å². The van der Waals surface area contributed by atoms with E-state index in [-0.39, 0.29) is 29.0 Å². The van der Waals surface area contributed by atoms with E-state index in [2.05, 4.69) is 9.97 Å². The van der Waals surface area contributed by atoms with Crippen molar-refractivity contribution in [2.24, 2.45) is 0 Å². The Labute approximate surface area is 102 Å². The summed E-state index contributed by atoms with van der Waals surface area (Å²) in [6.45, 7) is 0. The summed E-state index contributed by atoms with van der Waals surface area (Å²) in [5, 5.41) is 8.59. The van der Waals surface area contributed by atoms with Gasteiger partial charge in [0.25, 0.3) is 0 Å². The summed E-state index contributed by atoms with van der Waals surface area (Å²) in [5.41, 5.74) is 10.8. The number of benzene rings is 1. The van der Waals surface area contributed by atoms with Gasteiger partial charge in [0.1, 0.15) is 23.5 Å². The number of nitrogens with zero attached hydrogens (tertiary/aromatic N) is 3. The molecule has 0 aliphatic carbocycles. The molecular weight excluding hydrogens is 237 g/mol. The minimum atomic E-state index is -0.676. The minimum Gasteiger partial charge on any atom is -0.439 e. The van der Waals surface area contributed by atoms with Gasteiger partial charge in [0, 0.05) is 12.1 Å². The SMILES string of the molecule is N#Cc1ccc(Oc2cc(N)nc(N)n2)cc1F. The normalized spacial score (nSPS) is 9.78. The van der Waals surface area contributed by atoms with Gasteiger partial charge in [-0.05, 0) is 12.1 Å². The van der Waals surface area contributed by atoms with Crippen LogP contribution in [0.1, 0.15) is 5.56 Å². The maximum atomic E-state index is 13.3. The average molecular weight is 245 g/mol. The van der Waals surface area contributed by atoms with Crippen LogP contribution in [0.15, 0.2) is 24.3 Å². The summed E-state index contributed by atoms with van der Waals surface area (Å²) >= 11 is 0. The van der Waals surface area contributed by atoms with Gasteiger partial charge in [-0.15, -0.1) is 0 Å².